The molecule has 0 spiro atoms. The summed E-state index contributed by atoms with van der Waals surface area (Å²) >= 11 is 0. The molecule has 1 rings (SSSR count). The van der Waals surface area contributed by atoms with Gasteiger partial charge >= 0.3 is 0 Å². The second-order valence-electron chi connectivity index (χ2n) is 3.96. The standard InChI is InChI=1S/C13H16F2/c1-9(2)4-6-11-7-5-10(3)8-12(11)13(14)15/h5,7-8,13H,1,4,6H2,2-3H3. The van der Waals surface area contributed by atoms with Gasteiger partial charge in [0.05, 0.1) is 0 Å². The Morgan fingerprint density at radius 3 is 2.60 bits per heavy atom. The third-order valence-corrected chi connectivity index (χ3v) is 2.36. The van der Waals surface area contributed by atoms with Gasteiger partial charge in [0.25, 0.3) is 6.43 Å². The van der Waals surface area contributed by atoms with E-state index in [9.17, 15) is 8.78 Å². The summed E-state index contributed by atoms with van der Waals surface area (Å²) in [5.74, 6) is 0. The number of rotatable bonds is 4. The van der Waals surface area contributed by atoms with Gasteiger partial charge in [0.15, 0.2) is 0 Å². The summed E-state index contributed by atoms with van der Waals surface area (Å²) in [7, 11) is 0. The fourth-order valence-electron chi connectivity index (χ4n) is 1.49. The average molecular weight is 210 g/mol. The van der Waals surface area contributed by atoms with Crippen LogP contribution in [0, 0.1) is 6.92 Å². The number of aryl methyl sites for hydroxylation is 2. The van der Waals surface area contributed by atoms with E-state index in [2.05, 4.69) is 6.58 Å². The summed E-state index contributed by atoms with van der Waals surface area (Å²) in [6.07, 6.45) is -0.969. The van der Waals surface area contributed by atoms with E-state index in [4.69, 9.17) is 0 Å². The van der Waals surface area contributed by atoms with E-state index in [-0.39, 0.29) is 5.56 Å². The van der Waals surface area contributed by atoms with Crippen LogP contribution in [0.5, 0.6) is 0 Å². The minimum Gasteiger partial charge on any atom is -0.205 e. The Kier molecular flexibility index (Phi) is 4.01. The molecule has 0 unspecified atom stereocenters. The predicted octanol–water partition coefficient (Wildman–Crippen LogP) is 4.44. The summed E-state index contributed by atoms with van der Waals surface area (Å²) in [5, 5.41) is 0. The molecule has 0 fully saturated rings. The molecule has 0 bridgehead atoms. The predicted molar refractivity (Wildman–Crippen MR) is 59.3 cm³/mol. The highest BCUT2D eigenvalue weighted by atomic mass is 19.3. The van der Waals surface area contributed by atoms with E-state index in [1.54, 1.807) is 12.1 Å². The Balaban J connectivity index is 2.90. The number of hydrogen-bond acceptors (Lipinski definition) is 0. The van der Waals surface area contributed by atoms with Crippen LogP contribution in [-0.4, -0.2) is 0 Å². The average Bonchev–Trinajstić information content (AvgIpc) is 2.15. The molecule has 1 aromatic carbocycles. The Morgan fingerprint density at radius 2 is 2.07 bits per heavy atom. The lowest BCUT2D eigenvalue weighted by Gasteiger charge is -2.09. The van der Waals surface area contributed by atoms with Crippen LogP contribution in [0.2, 0.25) is 0 Å². The van der Waals surface area contributed by atoms with E-state index >= 15 is 0 Å². The van der Waals surface area contributed by atoms with E-state index in [1.165, 1.54) is 0 Å². The van der Waals surface area contributed by atoms with Gasteiger partial charge in [-0.1, -0.05) is 29.3 Å². The van der Waals surface area contributed by atoms with E-state index in [1.807, 2.05) is 19.9 Å². The highest BCUT2D eigenvalue weighted by Gasteiger charge is 2.12. The summed E-state index contributed by atoms with van der Waals surface area (Å²) in [6, 6.07) is 5.23. The van der Waals surface area contributed by atoms with Crippen molar-refractivity contribution in [3.8, 4) is 0 Å². The molecule has 0 nitrogen and oxygen atoms in total. The van der Waals surface area contributed by atoms with Crippen LogP contribution in [0.4, 0.5) is 8.78 Å². The lowest BCUT2D eigenvalue weighted by Crippen LogP contribution is -1.96. The fourth-order valence-corrected chi connectivity index (χ4v) is 1.49. The third kappa shape index (κ3) is 3.46. The topological polar surface area (TPSA) is 0 Å². The molecular formula is C13H16F2. The molecule has 0 atom stereocenters. The molecular weight excluding hydrogens is 194 g/mol. The van der Waals surface area contributed by atoms with Crippen molar-refractivity contribution in [1.82, 2.24) is 0 Å². The van der Waals surface area contributed by atoms with Crippen molar-refractivity contribution in [2.24, 2.45) is 0 Å². The first-order valence-corrected chi connectivity index (χ1v) is 5.02. The van der Waals surface area contributed by atoms with Crippen molar-refractivity contribution in [2.45, 2.75) is 33.1 Å². The first kappa shape index (κ1) is 11.9. The molecule has 15 heavy (non-hydrogen) atoms. The van der Waals surface area contributed by atoms with Crippen LogP contribution < -0.4 is 0 Å². The Hall–Kier alpha value is -1.18. The van der Waals surface area contributed by atoms with Crippen LogP contribution in [0.25, 0.3) is 0 Å². The molecule has 0 saturated heterocycles. The van der Waals surface area contributed by atoms with Gasteiger partial charge in [-0.3, -0.25) is 0 Å². The second-order valence-corrected chi connectivity index (χ2v) is 3.96. The van der Waals surface area contributed by atoms with Crippen molar-refractivity contribution in [3.05, 3.63) is 47.0 Å². The fraction of sp³-hybridized carbons (Fsp3) is 0.385. The monoisotopic (exact) mass is 210 g/mol. The van der Waals surface area contributed by atoms with Gasteiger partial charge in [0.2, 0.25) is 0 Å². The van der Waals surface area contributed by atoms with Crippen LogP contribution in [0.15, 0.2) is 30.4 Å². The first-order chi connectivity index (χ1) is 7.00. The molecule has 0 aliphatic heterocycles. The van der Waals surface area contributed by atoms with E-state index < -0.39 is 6.43 Å². The molecule has 1 aromatic rings. The van der Waals surface area contributed by atoms with Gasteiger partial charge in [0.1, 0.15) is 0 Å². The van der Waals surface area contributed by atoms with Crippen molar-refractivity contribution in [2.75, 3.05) is 0 Å². The number of benzene rings is 1. The van der Waals surface area contributed by atoms with E-state index in [0.717, 1.165) is 23.1 Å². The minimum atomic E-state index is -2.38. The SMILES string of the molecule is C=C(C)CCc1ccc(C)cc1C(F)F. The molecule has 0 N–H and O–H groups in total. The Bertz CT molecular complexity index is 354. The minimum absolute atomic E-state index is 0.163. The summed E-state index contributed by atoms with van der Waals surface area (Å²) < 4.78 is 25.4. The Morgan fingerprint density at radius 1 is 1.40 bits per heavy atom. The normalized spacial score (nSPS) is 10.7. The third-order valence-electron chi connectivity index (χ3n) is 2.36. The molecule has 82 valence electrons. The van der Waals surface area contributed by atoms with Crippen molar-refractivity contribution in [1.29, 1.82) is 0 Å². The lowest BCUT2D eigenvalue weighted by molar-refractivity contribution is 0.150. The summed E-state index contributed by atoms with van der Waals surface area (Å²) in [6.45, 7) is 7.52. The zero-order valence-electron chi connectivity index (χ0n) is 9.19. The molecule has 0 radical (unpaired) electrons. The first-order valence-electron chi connectivity index (χ1n) is 5.02. The van der Waals surface area contributed by atoms with Gasteiger partial charge < -0.3 is 0 Å². The molecule has 0 aliphatic rings. The highest BCUT2D eigenvalue weighted by Crippen LogP contribution is 2.25. The number of allylic oxidation sites excluding steroid dienone is 1. The maximum atomic E-state index is 12.7. The molecule has 0 saturated carbocycles. The zero-order valence-corrected chi connectivity index (χ0v) is 9.19. The number of halogens is 2. The van der Waals surface area contributed by atoms with Crippen molar-refractivity contribution < 1.29 is 8.78 Å². The lowest BCUT2D eigenvalue weighted by atomic mass is 9.99. The second kappa shape index (κ2) is 5.06. The smallest absolute Gasteiger partial charge is 0.205 e. The van der Waals surface area contributed by atoms with E-state index in [0.29, 0.717) is 6.42 Å². The summed E-state index contributed by atoms with van der Waals surface area (Å²) in [5.41, 5.74) is 2.80. The largest absolute Gasteiger partial charge is 0.264 e. The zero-order chi connectivity index (χ0) is 11.4. The molecule has 0 aliphatic carbocycles. The summed E-state index contributed by atoms with van der Waals surface area (Å²) in [4.78, 5) is 0. The number of hydrogen-bond donors (Lipinski definition) is 0. The van der Waals surface area contributed by atoms with Crippen molar-refractivity contribution in [3.63, 3.8) is 0 Å². The van der Waals surface area contributed by atoms with Gasteiger partial charge in [-0.05, 0) is 32.3 Å². The molecule has 2 heteroatoms. The Labute approximate surface area is 89.6 Å². The van der Waals surface area contributed by atoms with Gasteiger partial charge in [0, 0.05) is 5.56 Å². The van der Waals surface area contributed by atoms with Crippen LogP contribution in [0.1, 0.15) is 36.5 Å². The van der Waals surface area contributed by atoms with Crippen LogP contribution >= 0.6 is 0 Å². The molecule has 0 aromatic heterocycles. The quantitative estimate of drug-likeness (QED) is 0.644. The molecule has 0 heterocycles. The van der Waals surface area contributed by atoms with Crippen LogP contribution in [0.3, 0.4) is 0 Å². The van der Waals surface area contributed by atoms with Crippen LogP contribution in [-0.2, 0) is 6.42 Å². The van der Waals surface area contributed by atoms with Gasteiger partial charge in [-0.15, -0.1) is 6.58 Å². The number of alkyl halides is 2. The van der Waals surface area contributed by atoms with Gasteiger partial charge in [-0.25, -0.2) is 8.78 Å². The molecule has 0 amide bonds. The van der Waals surface area contributed by atoms with Gasteiger partial charge in [-0.2, -0.15) is 0 Å². The highest BCUT2D eigenvalue weighted by molar-refractivity contribution is 5.32. The van der Waals surface area contributed by atoms with Crippen molar-refractivity contribution >= 4 is 0 Å². The maximum Gasteiger partial charge on any atom is 0.264 e. The maximum absolute atomic E-state index is 12.7.